The normalized spacial score (nSPS) is 17.8. The fourth-order valence-corrected chi connectivity index (χ4v) is 2.73. The molecular weight excluding hydrogens is 304 g/mol. The van der Waals surface area contributed by atoms with Gasteiger partial charge >= 0.3 is 0 Å². The molecule has 1 aromatic heterocycles. The SMILES string of the molecule is Cn1ccc(NC(=O)C2CC(=O)N(c3ccccc3Cl)C2)n1. The Labute approximate surface area is 132 Å². The highest BCUT2D eigenvalue weighted by atomic mass is 35.5. The van der Waals surface area contributed by atoms with Crippen molar-refractivity contribution in [3.8, 4) is 0 Å². The summed E-state index contributed by atoms with van der Waals surface area (Å²) in [5.41, 5.74) is 0.641. The lowest BCUT2D eigenvalue weighted by molar-refractivity contribution is -0.122. The first kappa shape index (κ1) is 14.6. The Morgan fingerprint density at radius 1 is 1.36 bits per heavy atom. The number of para-hydroxylation sites is 1. The molecule has 2 heterocycles. The summed E-state index contributed by atoms with van der Waals surface area (Å²) in [4.78, 5) is 26.0. The van der Waals surface area contributed by atoms with Crippen LogP contribution in [-0.2, 0) is 16.6 Å². The van der Waals surface area contributed by atoms with Gasteiger partial charge in [-0.25, -0.2) is 0 Å². The summed E-state index contributed by atoms with van der Waals surface area (Å²) in [6.45, 7) is 0.321. The maximum atomic E-state index is 12.3. The smallest absolute Gasteiger partial charge is 0.231 e. The van der Waals surface area contributed by atoms with Crippen LogP contribution in [0.25, 0.3) is 0 Å². The van der Waals surface area contributed by atoms with Crippen LogP contribution >= 0.6 is 11.6 Å². The van der Waals surface area contributed by atoms with Crippen LogP contribution in [0.1, 0.15) is 6.42 Å². The number of halogens is 1. The van der Waals surface area contributed by atoms with Gasteiger partial charge in [0.05, 0.1) is 16.6 Å². The van der Waals surface area contributed by atoms with Crippen LogP contribution in [0.4, 0.5) is 11.5 Å². The van der Waals surface area contributed by atoms with E-state index in [2.05, 4.69) is 10.4 Å². The first-order valence-electron chi connectivity index (χ1n) is 6.90. The molecule has 6 nitrogen and oxygen atoms in total. The van der Waals surface area contributed by atoms with Crippen molar-refractivity contribution in [1.29, 1.82) is 0 Å². The third-order valence-electron chi connectivity index (χ3n) is 3.60. The van der Waals surface area contributed by atoms with Gasteiger partial charge in [-0.2, -0.15) is 5.10 Å². The molecule has 1 atom stereocenters. The predicted molar refractivity (Wildman–Crippen MR) is 83.7 cm³/mol. The number of benzene rings is 1. The van der Waals surface area contributed by atoms with Crippen molar-refractivity contribution in [1.82, 2.24) is 9.78 Å². The Balaban J connectivity index is 1.71. The number of anilines is 2. The quantitative estimate of drug-likeness (QED) is 0.942. The Hall–Kier alpha value is -2.34. The minimum atomic E-state index is -0.411. The average Bonchev–Trinajstić information content (AvgIpc) is 3.06. The van der Waals surface area contributed by atoms with Gasteiger partial charge in [0.2, 0.25) is 11.8 Å². The highest BCUT2D eigenvalue weighted by Gasteiger charge is 2.36. The Bertz CT molecular complexity index is 728. The average molecular weight is 319 g/mol. The fraction of sp³-hybridized carbons (Fsp3) is 0.267. The molecule has 1 fully saturated rings. The van der Waals surface area contributed by atoms with Gasteiger partial charge in [0.25, 0.3) is 0 Å². The molecule has 2 amide bonds. The molecule has 22 heavy (non-hydrogen) atoms. The van der Waals surface area contributed by atoms with Crippen molar-refractivity contribution in [2.75, 3.05) is 16.8 Å². The molecule has 1 N–H and O–H groups in total. The van der Waals surface area contributed by atoms with Crippen LogP contribution in [0.15, 0.2) is 36.5 Å². The van der Waals surface area contributed by atoms with E-state index < -0.39 is 5.92 Å². The number of amides is 2. The molecular formula is C15H15ClN4O2. The number of nitrogens with one attached hydrogen (secondary N) is 1. The van der Waals surface area contributed by atoms with Crippen molar-refractivity contribution in [2.45, 2.75) is 6.42 Å². The summed E-state index contributed by atoms with van der Waals surface area (Å²) in [7, 11) is 1.77. The molecule has 1 unspecified atom stereocenters. The molecule has 1 aliphatic heterocycles. The molecule has 1 saturated heterocycles. The largest absolute Gasteiger partial charge is 0.310 e. The molecule has 0 spiro atoms. The van der Waals surface area contributed by atoms with Crippen LogP contribution in [0.3, 0.4) is 0 Å². The molecule has 0 aliphatic carbocycles. The van der Waals surface area contributed by atoms with E-state index in [9.17, 15) is 9.59 Å². The molecule has 2 aromatic rings. The maximum Gasteiger partial charge on any atom is 0.231 e. The number of aryl methyl sites for hydroxylation is 1. The summed E-state index contributed by atoms with van der Waals surface area (Å²) in [6, 6.07) is 8.83. The summed E-state index contributed by atoms with van der Waals surface area (Å²) in [5, 5.41) is 7.33. The third-order valence-corrected chi connectivity index (χ3v) is 3.92. The predicted octanol–water partition coefficient (Wildman–Crippen LogP) is 2.07. The number of rotatable bonds is 3. The molecule has 3 rings (SSSR count). The zero-order chi connectivity index (χ0) is 15.7. The molecule has 1 aliphatic rings. The minimum absolute atomic E-state index is 0.103. The Morgan fingerprint density at radius 2 is 2.14 bits per heavy atom. The van der Waals surface area contributed by atoms with Crippen LogP contribution < -0.4 is 10.2 Å². The van der Waals surface area contributed by atoms with E-state index in [4.69, 9.17) is 11.6 Å². The van der Waals surface area contributed by atoms with Crippen LogP contribution in [0, 0.1) is 5.92 Å². The minimum Gasteiger partial charge on any atom is -0.310 e. The second kappa shape index (κ2) is 5.81. The topological polar surface area (TPSA) is 67.2 Å². The van der Waals surface area contributed by atoms with Gasteiger partial charge in [-0.1, -0.05) is 23.7 Å². The van der Waals surface area contributed by atoms with Crippen molar-refractivity contribution in [2.24, 2.45) is 13.0 Å². The lowest BCUT2D eigenvalue weighted by Crippen LogP contribution is -2.28. The van der Waals surface area contributed by atoms with Crippen molar-refractivity contribution < 1.29 is 9.59 Å². The summed E-state index contributed by atoms with van der Waals surface area (Å²) >= 11 is 6.12. The van der Waals surface area contributed by atoms with E-state index in [1.54, 1.807) is 47.1 Å². The second-order valence-corrected chi connectivity index (χ2v) is 5.63. The van der Waals surface area contributed by atoms with Crippen LogP contribution in [-0.4, -0.2) is 28.1 Å². The van der Waals surface area contributed by atoms with Gasteiger partial charge < -0.3 is 10.2 Å². The summed E-state index contributed by atoms with van der Waals surface area (Å²) < 4.78 is 1.60. The number of nitrogens with zero attached hydrogens (tertiary/aromatic N) is 3. The maximum absolute atomic E-state index is 12.3. The Morgan fingerprint density at radius 3 is 2.82 bits per heavy atom. The number of carbonyl (C=O) groups is 2. The van der Waals surface area contributed by atoms with Crippen molar-refractivity contribution >= 4 is 34.9 Å². The van der Waals surface area contributed by atoms with Crippen molar-refractivity contribution in [3.63, 3.8) is 0 Å². The first-order chi connectivity index (χ1) is 10.5. The summed E-state index contributed by atoms with van der Waals surface area (Å²) in [6.07, 6.45) is 1.91. The molecule has 0 radical (unpaired) electrons. The van der Waals surface area contributed by atoms with Gasteiger partial charge in [0, 0.05) is 32.3 Å². The number of hydrogen-bond acceptors (Lipinski definition) is 3. The van der Waals surface area contributed by atoms with Gasteiger partial charge in [-0.15, -0.1) is 0 Å². The highest BCUT2D eigenvalue weighted by molar-refractivity contribution is 6.33. The van der Waals surface area contributed by atoms with E-state index in [-0.39, 0.29) is 18.2 Å². The second-order valence-electron chi connectivity index (χ2n) is 5.22. The van der Waals surface area contributed by atoms with Crippen LogP contribution in [0.5, 0.6) is 0 Å². The zero-order valence-corrected chi connectivity index (χ0v) is 12.7. The van der Waals surface area contributed by atoms with E-state index in [1.165, 1.54) is 0 Å². The zero-order valence-electron chi connectivity index (χ0n) is 12.0. The fourth-order valence-electron chi connectivity index (χ4n) is 2.50. The number of aromatic nitrogens is 2. The van der Waals surface area contributed by atoms with Gasteiger partial charge in [0.1, 0.15) is 0 Å². The van der Waals surface area contributed by atoms with E-state index in [0.717, 1.165) is 0 Å². The van der Waals surface area contributed by atoms with E-state index >= 15 is 0 Å². The molecule has 114 valence electrons. The Kier molecular flexibility index (Phi) is 3.85. The van der Waals surface area contributed by atoms with E-state index in [1.807, 2.05) is 6.07 Å². The molecule has 0 saturated carbocycles. The summed E-state index contributed by atoms with van der Waals surface area (Å²) in [5.74, 6) is -0.238. The van der Waals surface area contributed by atoms with Gasteiger partial charge in [-0.05, 0) is 12.1 Å². The number of hydrogen-bond donors (Lipinski definition) is 1. The van der Waals surface area contributed by atoms with E-state index in [0.29, 0.717) is 23.1 Å². The first-order valence-corrected chi connectivity index (χ1v) is 7.28. The van der Waals surface area contributed by atoms with Crippen molar-refractivity contribution in [3.05, 3.63) is 41.6 Å². The third kappa shape index (κ3) is 2.82. The lowest BCUT2D eigenvalue weighted by Gasteiger charge is -2.17. The molecule has 1 aromatic carbocycles. The number of carbonyl (C=O) groups excluding carboxylic acids is 2. The van der Waals surface area contributed by atoms with Crippen LogP contribution in [0.2, 0.25) is 5.02 Å². The molecule has 0 bridgehead atoms. The highest BCUT2D eigenvalue weighted by Crippen LogP contribution is 2.31. The monoisotopic (exact) mass is 318 g/mol. The van der Waals surface area contributed by atoms with Gasteiger partial charge in [-0.3, -0.25) is 14.3 Å². The molecule has 7 heteroatoms. The standard InChI is InChI=1S/C15H15ClN4O2/c1-19-7-6-13(18-19)17-15(22)10-8-14(21)20(9-10)12-5-3-2-4-11(12)16/h2-7,10H,8-9H2,1H3,(H,17,18,22). The lowest BCUT2D eigenvalue weighted by atomic mass is 10.1. The van der Waals surface area contributed by atoms with Gasteiger partial charge in [0.15, 0.2) is 5.82 Å².